The fourth-order valence-electron chi connectivity index (χ4n) is 2.79. The number of likely N-dealkylation sites (N-methyl/N-ethyl adjacent to an activating group) is 1. The number of nitrogens with zero attached hydrogens (tertiary/aromatic N) is 1. The summed E-state index contributed by atoms with van der Waals surface area (Å²) in [5.74, 6) is -0.174. The number of ether oxygens (including phenoxy) is 1. The van der Waals surface area contributed by atoms with E-state index in [1.807, 2.05) is 14.1 Å². The van der Waals surface area contributed by atoms with Gasteiger partial charge in [0, 0.05) is 18.3 Å². The van der Waals surface area contributed by atoms with Crippen LogP contribution in [0.1, 0.15) is 52.9 Å². The highest BCUT2D eigenvalue weighted by Gasteiger charge is 2.24. The third-order valence-electron chi connectivity index (χ3n) is 4.05. The molecule has 0 aliphatic rings. The fourth-order valence-corrected chi connectivity index (χ4v) is 2.79. The minimum absolute atomic E-state index is 0.200. The summed E-state index contributed by atoms with van der Waals surface area (Å²) in [4.78, 5) is 29.5. The smallest absolute Gasteiger partial charge is 0.340 e. The molecule has 0 saturated heterocycles. The Kier molecular flexibility index (Phi) is 6.81. The Hall–Kier alpha value is -1.82. The van der Waals surface area contributed by atoms with Crippen LogP contribution in [0.2, 0.25) is 0 Å². The Morgan fingerprint density at radius 2 is 1.87 bits per heavy atom. The zero-order valence-corrected chi connectivity index (χ0v) is 15.2. The highest BCUT2D eigenvalue weighted by atomic mass is 16.5. The molecule has 1 aromatic rings. The monoisotopic (exact) mass is 323 g/mol. The minimum Gasteiger partial charge on any atom is -0.462 e. The van der Waals surface area contributed by atoms with E-state index in [0.29, 0.717) is 41.6 Å². The van der Waals surface area contributed by atoms with Gasteiger partial charge in [-0.25, -0.2) is 4.79 Å². The summed E-state index contributed by atoms with van der Waals surface area (Å²) >= 11 is 0. The van der Waals surface area contributed by atoms with E-state index in [-0.39, 0.29) is 11.9 Å². The molecule has 0 saturated carbocycles. The second kappa shape index (κ2) is 8.15. The molecule has 0 spiro atoms. The van der Waals surface area contributed by atoms with E-state index < -0.39 is 5.97 Å². The van der Waals surface area contributed by atoms with Crippen LogP contribution >= 0.6 is 0 Å². The molecule has 130 valence electrons. The lowest BCUT2D eigenvalue weighted by Gasteiger charge is -2.28. The van der Waals surface area contributed by atoms with Gasteiger partial charge in [0.15, 0.2) is 0 Å². The van der Waals surface area contributed by atoms with Crippen molar-refractivity contribution in [3.05, 3.63) is 22.5 Å². The second-order valence-corrected chi connectivity index (χ2v) is 6.33. The molecule has 23 heavy (non-hydrogen) atoms. The van der Waals surface area contributed by atoms with Crippen LogP contribution in [-0.2, 0) is 4.74 Å². The van der Waals surface area contributed by atoms with Crippen molar-refractivity contribution in [1.82, 2.24) is 15.2 Å². The van der Waals surface area contributed by atoms with Crippen LogP contribution < -0.4 is 5.32 Å². The maximum absolute atomic E-state index is 12.4. The van der Waals surface area contributed by atoms with Gasteiger partial charge in [-0.1, -0.05) is 13.8 Å². The van der Waals surface area contributed by atoms with E-state index in [1.54, 1.807) is 20.8 Å². The summed E-state index contributed by atoms with van der Waals surface area (Å²) in [5.41, 5.74) is 2.15. The van der Waals surface area contributed by atoms with Crippen molar-refractivity contribution in [1.29, 1.82) is 0 Å². The van der Waals surface area contributed by atoms with Crippen LogP contribution in [0.25, 0.3) is 0 Å². The Morgan fingerprint density at radius 1 is 1.26 bits per heavy atom. The number of aryl methyl sites for hydroxylation is 1. The van der Waals surface area contributed by atoms with Crippen LogP contribution in [0.15, 0.2) is 0 Å². The van der Waals surface area contributed by atoms with Crippen LogP contribution in [0, 0.1) is 19.8 Å². The molecule has 0 aromatic carbocycles. The van der Waals surface area contributed by atoms with E-state index in [9.17, 15) is 9.59 Å². The van der Waals surface area contributed by atoms with Crippen molar-refractivity contribution in [2.24, 2.45) is 5.92 Å². The number of rotatable bonds is 7. The van der Waals surface area contributed by atoms with E-state index in [4.69, 9.17) is 4.74 Å². The van der Waals surface area contributed by atoms with Gasteiger partial charge in [0.25, 0.3) is 5.91 Å². The first-order chi connectivity index (χ1) is 10.7. The first-order valence-corrected chi connectivity index (χ1v) is 8.01. The molecular formula is C17H29N3O3. The van der Waals surface area contributed by atoms with Crippen molar-refractivity contribution in [3.63, 3.8) is 0 Å². The molecule has 1 amide bonds. The van der Waals surface area contributed by atoms with Gasteiger partial charge in [0.1, 0.15) is 5.69 Å². The van der Waals surface area contributed by atoms with Crippen LogP contribution in [0.3, 0.4) is 0 Å². The average Bonchev–Trinajstić information content (AvgIpc) is 2.73. The first kappa shape index (κ1) is 19.2. The van der Waals surface area contributed by atoms with Gasteiger partial charge in [-0.05, 0) is 46.3 Å². The third-order valence-corrected chi connectivity index (χ3v) is 4.05. The number of carbonyl (C=O) groups is 2. The number of hydrogen-bond acceptors (Lipinski definition) is 4. The van der Waals surface area contributed by atoms with Gasteiger partial charge >= 0.3 is 5.97 Å². The normalized spacial score (nSPS) is 12.6. The van der Waals surface area contributed by atoms with E-state index >= 15 is 0 Å². The molecule has 2 N–H and O–H groups in total. The molecule has 0 fully saturated rings. The number of aromatic nitrogens is 1. The summed E-state index contributed by atoms with van der Waals surface area (Å²) < 4.78 is 5.05. The summed E-state index contributed by atoms with van der Waals surface area (Å²) in [6, 6.07) is 0.250. The standard InChI is InChI=1S/C17H29N3O3/c1-8-23-17(22)14-11(4)15(19-12(14)5)16(21)18-9-13(10(2)3)20(6)7/h10,13,19H,8-9H2,1-7H3,(H,18,21). The number of amides is 1. The van der Waals surface area contributed by atoms with Crippen LogP contribution in [-0.4, -0.2) is 55.0 Å². The maximum Gasteiger partial charge on any atom is 0.340 e. The molecule has 6 heteroatoms. The van der Waals surface area contributed by atoms with Crippen molar-refractivity contribution >= 4 is 11.9 Å². The lowest BCUT2D eigenvalue weighted by Crippen LogP contribution is -2.43. The third kappa shape index (κ3) is 4.58. The minimum atomic E-state index is -0.397. The first-order valence-electron chi connectivity index (χ1n) is 8.01. The molecule has 1 unspecified atom stereocenters. The second-order valence-electron chi connectivity index (χ2n) is 6.33. The van der Waals surface area contributed by atoms with Crippen molar-refractivity contribution in [2.75, 3.05) is 27.2 Å². The number of hydrogen-bond donors (Lipinski definition) is 2. The predicted molar refractivity (Wildman–Crippen MR) is 90.9 cm³/mol. The molecule has 1 aromatic heterocycles. The van der Waals surface area contributed by atoms with Gasteiger partial charge in [-0.3, -0.25) is 4.79 Å². The lowest BCUT2D eigenvalue weighted by atomic mass is 10.0. The number of carbonyl (C=O) groups excluding carboxylic acids is 2. The molecule has 1 atom stereocenters. The molecule has 0 aliphatic carbocycles. The summed E-state index contributed by atoms with van der Waals surface area (Å²) in [6.07, 6.45) is 0. The molecule has 0 bridgehead atoms. The maximum atomic E-state index is 12.4. The molecule has 1 rings (SSSR count). The number of aromatic amines is 1. The molecule has 1 heterocycles. The van der Waals surface area contributed by atoms with E-state index in [0.717, 1.165) is 0 Å². The Bertz CT molecular complexity index is 554. The average molecular weight is 323 g/mol. The molecule has 0 aliphatic heterocycles. The summed E-state index contributed by atoms with van der Waals surface area (Å²) in [5, 5.41) is 2.95. The molecule has 0 radical (unpaired) electrons. The lowest BCUT2D eigenvalue weighted by molar-refractivity contribution is 0.0525. The quantitative estimate of drug-likeness (QED) is 0.754. The van der Waals surface area contributed by atoms with E-state index in [1.165, 1.54) is 0 Å². The van der Waals surface area contributed by atoms with Crippen molar-refractivity contribution < 1.29 is 14.3 Å². The molecular weight excluding hydrogens is 294 g/mol. The zero-order chi connectivity index (χ0) is 17.7. The van der Waals surface area contributed by atoms with Crippen molar-refractivity contribution in [2.45, 2.75) is 40.7 Å². The number of H-pyrrole nitrogens is 1. The van der Waals surface area contributed by atoms with Gasteiger partial charge in [0.2, 0.25) is 0 Å². The van der Waals surface area contributed by atoms with Crippen molar-refractivity contribution in [3.8, 4) is 0 Å². The highest BCUT2D eigenvalue weighted by Crippen LogP contribution is 2.19. The van der Waals surface area contributed by atoms with Crippen LogP contribution in [0.5, 0.6) is 0 Å². The van der Waals surface area contributed by atoms with Crippen LogP contribution in [0.4, 0.5) is 0 Å². The highest BCUT2D eigenvalue weighted by molar-refractivity contribution is 6.00. The SMILES string of the molecule is CCOC(=O)c1c(C)[nH]c(C(=O)NCC(C(C)C)N(C)C)c1C. The van der Waals surface area contributed by atoms with Gasteiger partial charge < -0.3 is 19.9 Å². The number of esters is 1. The Balaban J connectivity index is 2.89. The molecule has 6 nitrogen and oxygen atoms in total. The Labute approximate surface area is 138 Å². The predicted octanol–water partition coefficient (Wildman–Crippen LogP) is 2.12. The van der Waals surface area contributed by atoms with Gasteiger partial charge in [0.05, 0.1) is 12.2 Å². The number of nitrogens with one attached hydrogen (secondary N) is 2. The summed E-state index contributed by atoms with van der Waals surface area (Å²) in [6.45, 7) is 10.4. The van der Waals surface area contributed by atoms with Gasteiger partial charge in [-0.15, -0.1) is 0 Å². The van der Waals surface area contributed by atoms with Gasteiger partial charge in [-0.2, -0.15) is 0 Å². The topological polar surface area (TPSA) is 74.4 Å². The fraction of sp³-hybridized carbons (Fsp3) is 0.647. The van der Waals surface area contributed by atoms with E-state index in [2.05, 4.69) is 29.0 Å². The zero-order valence-electron chi connectivity index (χ0n) is 15.2. The summed E-state index contributed by atoms with van der Waals surface area (Å²) in [7, 11) is 4.00. The Morgan fingerprint density at radius 3 is 2.35 bits per heavy atom. The largest absolute Gasteiger partial charge is 0.462 e.